The lowest BCUT2D eigenvalue weighted by Crippen LogP contribution is -2.33. The number of hydrogen-bond acceptors (Lipinski definition) is 2. The molecule has 0 unspecified atom stereocenters. The SMILES string of the molecule is O=C(NCC1(C(F)F)CC1)c1ccn(CCc2ccccc2)n1. The number of nitrogens with zero attached hydrogens (tertiary/aromatic N) is 2. The van der Waals surface area contributed by atoms with Crippen LogP contribution in [-0.2, 0) is 13.0 Å². The van der Waals surface area contributed by atoms with Gasteiger partial charge in [-0.25, -0.2) is 8.78 Å². The van der Waals surface area contributed by atoms with Gasteiger partial charge in [0.05, 0.1) is 0 Å². The first-order valence-electron chi connectivity index (χ1n) is 7.73. The van der Waals surface area contributed by atoms with Gasteiger partial charge in [0, 0.05) is 24.7 Å². The molecule has 0 spiro atoms. The zero-order chi connectivity index (χ0) is 16.3. The topological polar surface area (TPSA) is 46.9 Å². The predicted octanol–water partition coefficient (Wildman–Crippen LogP) is 2.90. The highest BCUT2D eigenvalue weighted by Crippen LogP contribution is 2.50. The van der Waals surface area contributed by atoms with Crippen LogP contribution in [-0.4, -0.2) is 28.7 Å². The molecule has 1 fully saturated rings. The molecule has 0 bridgehead atoms. The minimum Gasteiger partial charge on any atom is -0.350 e. The molecule has 0 saturated heterocycles. The zero-order valence-corrected chi connectivity index (χ0v) is 12.7. The van der Waals surface area contributed by atoms with Gasteiger partial charge >= 0.3 is 0 Å². The van der Waals surface area contributed by atoms with Gasteiger partial charge in [-0.2, -0.15) is 5.10 Å². The van der Waals surface area contributed by atoms with Crippen LogP contribution in [0.1, 0.15) is 28.9 Å². The van der Waals surface area contributed by atoms with Gasteiger partial charge < -0.3 is 5.32 Å². The van der Waals surface area contributed by atoms with E-state index < -0.39 is 17.7 Å². The molecule has 0 radical (unpaired) electrons. The van der Waals surface area contributed by atoms with E-state index >= 15 is 0 Å². The van der Waals surface area contributed by atoms with Crippen molar-refractivity contribution in [2.24, 2.45) is 5.41 Å². The van der Waals surface area contributed by atoms with Crippen LogP contribution >= 0.6 is 0 Å². The first kappa shape index (κ1) is 15.6. The summed E-state index contributed by atoms with van der Waals surface area (Å²) >= 11 is 0. The lowest BCUT2D eigenvalue weighted by Gasteiger charge is -2.13. The van der Waals surface area contributed by atoms with E-state index in [9.17, 15) is 13.6 Å². The van der Waals surface area contributed by atoms with Gasteiger partial charge in [-0.05, 0) is 30.9 Å². The Bertz CT molecular complexity index is 665. The van der Waals surface area contributed by atoms with E-state index in [0.717, 1.165) is 6.42 Å². The number of nitrogens with one attached hydrogen (secondary N) is 1. The van der Waals surface area contributed by atoms with E-state index in [1.54, 1.807) is 16.9 Å². The number of carbonyl (C=O) groups excluding carboxylic acids is 1. The van der Waals surface area contributed by atoms with Crippen molar-refractivity contribution >= 4 is 5.91 Å². The van der Waals surface area contributed by atoms with Gasteiger partial charge in [0.2, 0.25) is 6.43 Å². The first-order valence-corrected chi connectivity index (χ1v) is 7.73. The molecule has 4 nitrogen and oxygen atoms in total. The fourth-order valence-corrected chi connectivity index (χ4v) is 2.48. The van der Waals surface area contributed by atoms with E-state index in [-0.39, 0.29) is 12.2 Å². The van der Waals surface area contributed by atoms with Crippen LogP contribution in [0.3, 0.4) is 0 Å². The highest BCUT2D eigenvalue weighted by Gasteiger charge is 2.51. The summed E-state index contributed by atoms with van der Waals surface area (Å²) in [5.41, 5.74) is 0.454. The number of aromatic nitrogens is 2. The first-order chi connectivity index (χ1) is 11.1. The van der Waals surface area contributed by atoms with Crippen molar-refractivity contribution in [1.29, 1.82) is 0 Å². The van der Waals surface area contributed by atoms with Gasteiger partial charge in [-0.1, -0.05) is 30.3 Å². The van der Waals surface area contributed by atoms with E-state index in [1.165, 1.54) is 5.56 Å². The summed E-state index contributed by atoms with van der Waals surface area (Å²) in [5, 5.41) is 6.78. The molecule has 1 heterocycles. The van der Waals surface area contributed by atoms with Gasteiger partial charge in [0.25, 0.3) is 5.91 Å². The predicted molar refractivity (Wildman–Crippen MR) is 82.4 cm³/mol. The Morgan fingerprint density at radius 1 is 1.26 bits per heavy atom. The molecule has 122 valence electrons. The summed E-state index contributed by atoms with van der Waals surface area (Å²) in [6, 6.07) is 11.6. The molecule has 1 aromatic carbocycles. The van der Waals surface area contributed by atoms with Crippen LogP contribution < -0.4 is 5.32 Å². The van der Waals surface area contributed by atoms with Crippen molar-refractivity contribution in [2.45, 2.75) is 32.2 Å². The number of amides is 1. The second-order valence-corrected chi connectivity index (χ2v) is 6.05. The fourth-order valence-electron chi connectivity index (χ4n) is 2.48. The molecule has 23 heavy (non-hydrogen) atoms. The Morgan fingerprint density at radius 2 is 2.00 bits per heavy atom. The van der Waals surface area contributed by atoms with Crippen molar-refractivity contribution in [3.05, 3.63) is 53.9 Å². The van der Waals surface area contributed by atoms with Gasteiger partial charge in [0.15, 0.2) is 0 Å². The maximum Gasteiger partial charge on any atom is 0.271 e. The van der Waals surface area contributed by atoms with Crippen molar-refractivity contribution in [3.63, 3.8) is 0 Å². The molecule has 3 rings (SSSR count). The molecule has 1 N–H and O–H groups in total. The molecule has 0 aliphatic heterocycles. The minimum atomic E-state index is -2.38. The lowest BCUT2D eigenvalue weighted by atomic mass is 10.1. The average Bonchev–Trinajstić information content (AvgIpc) is 3.22. The molecular formula is C17H19F2N3O. The van der Waals surface area contributed by atoms with E-state index in [0.29, 0.717) is 19.4 Å². The standard InChI is InChI=1S/C17H19F2N3O/c18-16(19)17(8-9-17)12-20-15(23)14-7-11-22(21-14)10-6-13-4-2-1-3-5-13/h1-5,7,11,16H,6,8-10,12H2,(H,20,23). The fraction of sp³-hybridized carbons (Fsp3) is 0.412. The second kappa shape index (κ2) is 6.48. The highest BCUT2D eigenvalue weighted by atomic mass is 19.3. The molecule has 1 aliphatic carbocycles. The molecular weight excluding hydrogens is 300 g/mol. The summed E-state index contributed by atoms with van der Waals surface area (Å²) in [4.78, 5) is 12.0. The number of alkyl halides is 2. The van der Waals surface area contributed by atoms with Crippen molar-refractivity contribution in [3.8, 4) is 0 Å². The highest BCUT2D eigenvalue weighted by molar-refractivity contribution is 5.92. The number of benzene rings is 1. The quantitative estimate of drug-likeness (QED) is 0.853. The van der Waals surface area contributed by atoms with E-state index in [1.807, 2.05) is 30.3 Å². The van der Waals surface area contributed by atoms with Crippen LogP contribution in [0.4, 0.5) is 8.78 Å². The normalized spacial score (nSPS) is 15.6. The smallest absolute Gasteiger partial charge is 0.271 e. The summed E-state index contributed by atoms with van der Waals surface area (Å²) in [7, 11) is 0. The van der Waals surface area contributed by atoms with Gasteiger partial charge in [-0.15, -0.1) is 0 Å². The Labute approximate surface area is 133 Å². The monoisotopic (exact) mass is 319 g/mol. The third-order valence-electron chi connectivity index (χ3n) is 4.30. The molecule has 6 heteroatoms. The van der Waals surface area contributed by atoms with E-state index in [4.69, 9.17) is 0 Å². The Hall–Kier alpha value is -2.24. The summed E-state index contributed by atoms with van der Waals surface area (Å²) in [6.45, 7) is 0.679. The molecule has 2 aromatic rings. The van der Waals surface area contributed by atoms with Gasteiger partial charge in [0.1, 0.15) is 5.69 Å². The number of hydrogen-bond donors (Lipinski definition) is 1. The summed E-state index contributed by atoms with van der Waals surface area (Å²) < 4.78 is 27.3. The zero-order valence-electron chi connectivity index (χ0n) is 12.7. The Kier molecular flexibility index (Phi) is 4.41. The Morgan fingerprint density at radius 3 is 2.65 bits per heavy atom. The van der Waals surface area contributed by atoms with Crippen molar-refractivity contribution in [1.82, 2.24) is 15.1 Å². The van der Waals surface area contributed by atoms with Crippen LogP contribution in [0.25, 0.3) is 0 Å². The average molecular weight is 319 g/mol. The summed E-state index contributed by atoms with van der Waals surface area (Å²) in [5.74, 6) is -0.393. The van der Waals surface area contributed by atoms with Crippen LogP contribution in [0.5, 0.6) is 0 Å². The third-order valence-corrected chi connectivity index (χ3v) is 4.30. The molecule has 1 aliphatic rings. The van der Waals surface area contributed by atoms with Crippen LogP contribution in [0.15, 0.2) is 42.6 Å². The molecule has 1 saturated carbocycles. The second-order valence-electron chi connectivity index (χ2n) is 6.05. The van der Waals surface area contributed by atoms with Crippen LogP contribution in [0, 0.1) is 5.41 Å². The number of rotatable bonds is 7. The largest absolute Gasteiger partial charge is 0.350 e. The number of aryl methyl sites for hydroxylation is 2. The minimum absolute atomic E-state index is 0.0143. The molecule has 1 amide bonds. The maximum absolute atomic E-state index is 12.8. The molecule has 0 atom stereocenters. The number of halogens is 2. The van der Waals surface area contributed by atoms with Crippen molar-refractivity contribution in [2.75, 3.05) is 6.54 Å². The third kappa shape index (κ3) is 3.75. The van der Waals surface area contributed by atoms with Gasteiger partial charge in [-0.3, -0.25) is 9.48 Å². The van der Waals surface area contributed by atoms with Crippen molar-refractivity contribution < 1.29 is 13.6 Å². The van der Waals surface area contributed by atoms with Crippen LogP contribution in [0.2, 0.25) is 0 Å². The maximum atomic E-state index is 12.8. The van der Waals surface area contributed by atoms with E-state index in [2.05, 4.69) is 10.4 Å². The summed E-state index contributed by atoms with van der Waals surface area (Å²) in [6.07, 6.45) is 1.11. The number of carbonyl (C=O) groups is 1. The Balaban J connectivity index is 1.51. The lowest BCUT2D eigenvalue weighted by molar-refractivity contribution is 0.0588. The molecule has 1 aromatic heterocycles.